The first-order valence-corrected chi connectivity index (χ1v) is 10.1. The molecule has 146 valence electrons. The van der Waals surface area contributed by atoms with Gasteiger partial charge in [0.25, 0.3) is 0 Å². The van der Waals surface area contributed by atoms with Crippen LogP contribution in [0.25, 0.3) is 0 Å². The first kappa shape index (κ1) is 20.5. The number of aliphatic imine (C=N–C) groups is 1. The summed E-state index contributed by atoms with van der Waals surface area (Å²) in [4.78, 5) is 7.42. The van der Waals surface area contributed by atoms with Crippen molar-refractivity contribution in [2.45, 2.75) is 58.6 Å². The van der Waals surface area contributed by atoms with Crippen molar-refractivity contribution in [2.24, 2.45) is 10.9 Å². The molecule has 0 radical (unpaired) electrons. The number of ether oxygens (including phenoxy) is 2. The van der Waals surface area contributed by atoms with Crippen LogP contribution in [0.5, 0.6) is 0 Å². The van der Waals surface area contributed by atoms with Gasteiger partial charge in [0.1, 0.15) is 0 Å². The molecular weight excluding hydrogens is 316 g/mol. The van der Waals surface area contributed by atoms with Gasteiger partial charge in [0, 0.05) is 38.8 Å². The highest BCUT2D eigenvalue weighted by molar-refractivity contribution is 5.79. The van der Waals surface area contributed by atoms with Crippen LogP contribution in [0.1, 0.15) is 46.5 Å². The van der Waals surface area contributed by atoms with Crippen LogP contribution in [0.2, 0.25) is 0 Å². The number of guanidine groups is 1. The minimum Gasteiger partial charge on any atom is -0.379 e. The molecule has 0 saturated carbocycles. The number of morpholine rings is 1. The SMILES string of the molecule is CCNC(=NCC(CC(C)C)N1CCOCC1)NCCC1CCCO1. The zero-order chi connectivity index (χ0) is 17.9. The first-order valence-electron chi connectivity index (χ1n) is 10.1. The normalized spacial score (nSPS) is 23.8. The Hall–Kier alpha value is -0.850. The zero-order valence-corrected chi connectivity index (χ0v) is 16.4. The molecule has 2 rings (SSSR count). The molecule has 2 fully saturated rings. The van der Waals surface area contributed by atoms with Crippen molar-refractivity contribution in [3.8, 4) is 0 Å². The van der Waals surface area contributed by atoms with Gasteiger partial charge in [-0.3, -0.25) is 9.89 Å². The highest BCUT2D eigenvalue weighted by atomic mass is 16.5. The molecule has 2 N–H and O–H groups in total. The van der Waals surface area contributed by atoms with Crippen molar-refractivity contribution < 1.29 is 9.47 Å². The molecule has 0 aromatic carbocycles. The maximum Gasteiger partial charge on any atom is 0.191 e. The second-order valence-electron chi connectivity index (χ2n) is 7.50. The van der Waals surface area contributed by atoms with Crippen LogP contribution in [0, 0.1) is 5.92 Å². The summed E-state index contributed by atoms with van der Waals surface area (Å²) in [6.45, 7) is 14.0. The molecule has 2 aliphatic rings. The molecule has 0 amide bonds. The average molecular weight is 355 g/mol. The van der Waals surface area contributed by atoms with Crippen molar-refractivity contribution in [2.75, 3.05) is 52.5 Å². The second-order valence-corrected chi connectivity index (χ2v) is 7.50. The first-order chi connectivity index (χ1) is 12.2. The number of hydrogen-bond acceptors (Lipinski definition) is 4. The number of hydrogen-bond donors (Lipinski definition) is 2. The molecule has 0 aromatic rings. The van der Waals surface area contributed by atoms with Gasteiger partial charge in [-0.25, -0.2) is 0 Å². The molecule has 2 atom stereocenters. The summed E-state index contributed by atoms with van der Waals surface area (Å²) in [6.07, 6.45) is 5.07. The topological polar surface area (TPSA) is 58.1 Å². The summed E-state index contributed by atoms with van der Waals surface area (Å²) >= 11 is 0. The van der Waals surface area contributed by atoms with Crippen LogP contribution in [-0.2, 0) is 9.47 Å². The summed E-state index contributed by atoms with van der Waals surface area (Å²) in [7, 11) is 0. The largest absolute Gasteiger partial charge is 0.379 e. The summed E-state index contributed by atoms with van der Waals surface area (Å²) < 4.78 is 11.2. The molecule has 25 heavy (non-hydrogen) atoms. The average Bonchev–Trinajstić information content (AvgIpc) is 3.12. The van der Waals surface area contributed by atoms with Gasteiger partial charge in [-0.15, -0.1) is 0 Å². The smallest absolute Gasteiger partial charge is 0.191 e. The quantitative estimate of drug-likeness (QED) is 0.489. The maximum atomic E-state index is 5.70. The van der Waals surface area contributed by atoms with Crippen LogP contribution in [0.4, 0.5) is 0 Å². The molecule has 0 spiro atoms. The van der Waals surface area contributed by atoms with Gasteiger partial charge in [0.2, 0.25) is 0 Å². The molecule has 6 heteroatoms. The fourth-order valence-corrected chi connectivity index (χ4v) is 3.59. The lowest BCUT2D eigenvalue weighted by molar-refractivity contribution is 0.0143. The van der Waals surface area contributed by atoms with Crippen LogP contribution >= 0.6 is 0 Å². The van der Waals surface area contributed by atoms with E-state index in [2.05, 4.69) is 36.3 Å². The van der Waals surface area contributed by atoms with E-state index >= 15 is 0 Å². The standard InChI is InChI=1S/C19H38N4O2/c1-4-20-19(21-8-7-18-6-5-11-25-18)22-15-17(14-16(2)3)23-9-12-24-13-10-23/h16-18H,4-15H2,1-3H3,(H2,20,21,22). The fourth-order valence-electron chi connectivity index (χ4n) is 3.59. The second kappa shape index (κ2) is 11.7. The third-order valence-corrected chi connectivity index (χ3v) is 4.89. The molecule has 2 aliphatic heterocycles. The Balaban J connectivity index is 1.83. The summed E-state index contributed by atoms with van der Waals surface area (Å²) in [5.41, 5.74) is 0. The van der Waals surface area contributed by atoms with Gasteiger partial charge < -0.3 is 20.1 Å². The third kappa shape index (κ3) is 7.92. The van der Waals surface area contributed by atoms with Crippen molar-refractivity contribution in [3.05, 3.63) is 0 Å². The molecule has 2 saturated heterocycles. The van der Waals surface area contributed by atoms with E-state index in [0.29, 0.717) is 18.1 Å². The lowest BCUT2D eigenvalue weighted by Gasteiger charge is -2.34. The predicted octanol–water partition coefficient (Wildman–Crippen LogP) is 1.86. The summed E-state index contributed by atoms with van der Waals surface area (Å²) in [5, 5.41) is 6.85. The Morgan fingerprint density at radius 3 is 2.64 bits per heavy atom. The Morgan fingerprint density at radius 2 is 2.00 bits per heavy atom. The molecular formula is C19H38N4O2. The van der Waals surface area contributed by atoms with Crippen LogP contribution in [0.15, 0.2) is 4.99 Å². The van der Waals surface area contributed by atoms with E-state index in [1.54, 1.807) is 0 Å². The minimum atomic E-state index is 0.428. The minimum absolute atomic E-state index is 0.428. The third-order valence-electron chi connectivity index (χ3n) is 4.89. The van der Waals surface area contributed by atoms with Crippen molar-refractivity contribution in [1.29, 1.82) is 0 Å². The maximum absolute atomic E-state index is 5.70. The highest BCUT2D eigenvalue weighted by Crippen LogP contribution is 2.15. The summed E-state index contributed by atoms with van der Waals surface area (Å²) in [5.74, 6) is 1.61. The monoisotopic (exact) mass is 354 g/mol. The molecule has 0 aromatic heterocycles. The molecule has 6 nitrogen and oxygen atoms in total. The molecule has 2 unspecified atom stereocenters. The van der Waals surface area contributed by atoms with Gasteiger partial charge in [0.05, 0.1) is 25.9 Å². The van der Waals surface area contributed by atoms with E-state index in [4.69, 9.17) is 14.5 Å². The number of nitrogens with one attached hydrogen (secondary N) is 2. The fraction of sp³-hybridized carbons (Fsp3) is 0.947. The van der Waals surface area contributed by atoms with Crippen molar-refractivity contribution in [3.63, 3.8) is 0 Å². The van der Waals surface area contributed by atoms with Crippen molar-refractivity contribution in [1.82, 2.24) is 15.5 Å². The molecule has 0 aliphatic carbocycles. The van der Waals surface area contributed by atoms with Gasteiger partial charge in [0.15, 0.2) is 5.96 Å². The van der Waals surface area contributed by atoms with Gasteiger partial charge in [-0.05, 0) is 38.5 Å². The van der Waals surface area contributed by atoms with Gasteiger partial charge in [-0.2, -0.15) is 0 Å². The van der Waals surface area contributed by atoms with Gasteiger partial charge in [-0.1, -0.05) is 13.8 Å². The van der Waals surface area contributed by atoms with E-state index in [1.165, 1.54) is 19.3 Å². The van der Waals surface area contributed by atoms with Crippen LogP contribution in [0.3, 0.4) is 0 Å². The lowest BCUT2D eigenvalue weighted by Crippen LogP contribution is -2.46. The van der Waals surface area contributed by atoms with E-state index < -0.39 is 0 Å². The Kier molecular flexibility index (Phi) is 9.58. The lowest BCUT2D eigenvalue weighted by atomic mass is 10.0. The Labute approximate surface area is 153 Å². The van der Waals surface area contributed by atoms with Crippen LogP contribution < -0.4 is 10.6 Å². The van der Waals surface area contributed by atoms with Crippen LogP contribution in [-0.4, -0.2) is 75.5 Å². The molecule has 0 bridgehead atoms. The summed E-state index contributed by atoms with van der Waals surface area (Å²) in [6, 6.07) is 0.498. The molecule has 2 heterocycles. The number of rotatable bonds is 9. The highest BCUT2D eigenvalue weighted by Gasteiger charge is 2.22. The van der Waals surface area contributed by atoms with Crippen molar-refractivity contribution >= 4 is 5.96 Å². The Morgan fingerprint density at radius 1 is 1.20 bits per heavy atom. The van der Waals surface area contributed by atoms with E-state index in [-0.39, 0.29) is 0 Å². The van der Waals surface area contributed by atoms with E-state index in [1.807, 2.05) is 0 Å². The zero-order valence-electron chi connectivity index (χ0n) is 16.4. The Bertz CT molecular complexity index is 378. The van der Waals surface area contributed by atoms with E-state index in [0.717, 1.165) is 64.9 Å². The number of nitrogens with zero attached hydrogens (tertiary/aromatic N) is 2. The predicted molar refractivity (Wildman–Crippen MR) is 103 cm³/mol. The van der Waals surface area contributed by atoms with Gasteiger partial charge >= 0.3 is 0 Å². The van der Waals surface area contributed by atoms with E-state index in [9.17, 15) is 0 Å².